The van der Waals surface area contributed by atoms with Crippen LogP contribution in [0.3, 0.4) is 0 Å². The van der Waals surface area contributed by atoms with Gasteiger partial charge in [0, 0.05) is 17.7 Å². The van der Waals surface area contributed by atoms with E-state index in [1.54, 1.807) is 6.92 Å². The smallest absolute Gasteiger partial charge is 0.333 e. The molecule has 0 amide bonds. The van der Waals surface area contributed by atoms with Crippen molar-refractivity contribution in [3.05, 3.63) is 37.5 Å². The van der Waals surface area contributed by atoms with Gasteiger partial charge in [-0.1, -0.05) is 19.7 Å². The molecular weight excluding hydrogens is 400 g/mol. The molecule has 0 radical (unpaired) electrons. The van der Waals surface area contributed by atoms with Crippen LogP contribution in [0.2, 0.25) is 0 Å². The minimum atomic E-state index is -0.467. The van der Waals surface area contributed by atoms with Crippen LogP contribution in [0.15, 0.2) is 37.5 Å². The Morgan fingerprint density at radius 2 is 1.07 bits per heavy atom. The molecule has 0 aromatic rings. The summed E-state index contributed by atoms with van der Waals surface area (Å²) in [4.78, 5) is 31.8. The van der Waals surface area contributed by atoms with Crippen molar-refractivity contribution in [1.29, 1.82) is 0 Å². The molecule has 0 aromatic carbocycles. The number of hydrogen-bond donors (Lipinski definition) is 1. The second-order valence-corrected chi connectivity index (χ2v) is 5.22. The van der Waals surface area contributed by atoms with E-state index in [4.69, 9.17) is 28.8 Å². The first-order chi connectivity index (χ1) is 14.4. The molecule has 0 atom stereocenters. The van der Waals surface area contributed by atoms with E-state index in [-0.39, 0.29) is 26.4 Å². The lowest BCUT2D eigenvalue weighted by atomic mass is 10.4. The zero-order valence-corrected chi connectivity index (χ0v) is 17.5. The van der Waals surface area contributed by atoms with Crippen molar-refractivity contribution < 1.29 is 47.9 Å². The van der Waals surface area contributed by atoms with Crippen molar-refractivity contribution >= 4 is 17.9 Å². The maximum Gasteiger partial charge on any atom is 0.333 e. The van der Waals surface area contributed by atoms with Gasteiger partial charge >= 0.3 is 17.9 Å². The molecule has 0 unspecified atom stereocenters. The Bertz CT molecular complexity index is 486. The number of aliphatic hydroxyl groups is 1. The van der Waals surface area contributed by atoms with Crippen LogP contribution in [0.5, 0.6) is 0 Å². The first kappa shape index (κ1) is 29.7. The Balaban J connectivity index is 0. The van der Waals surface area contributed by atoms with Crippen LogP contribution in [0, 0.1) is 0 Å². The van der Waals surface area contributed by atoms with Gasteiger partial charge < -0.3 is 33.5 Å². The van der Waals surface area contributed by atoms with E-state index in [0.717, 1.165) is 12.2 Å². The normalized spacial score (nSPS) is 9.53. The van der Waals surface area contributed by atoms with Crippen LogP contribution in [0.1, 0.15) is 6.92 Å². The number of ether oxygens (including phenoxy) is 6. The quantitative estimate of drug-likeness (QED) is 0.151. The van der Waals surface area contributed by atoms with E-state index in [0.29, 0.717) is 45.2 Å². The van der Waals surface area contributed by atoms with Crippen molar-refractivity contribution in [1.82, 2.24) is 0 Å². The third-order valence-electron chi connectivity index (χ3n) is 2.69. The van der Waals surface area contributed by atoms with Gasteiger partial charge in [-0.3, -0.25) is 0 Å². The molecule has 0 aliphatic heterocycles. The van der Waals surface area contributed by atoms with Crippen molar-refractivity contribution in [2.24, 2.45) is 0 Å². The summed E-state index contributed by atoms with van der Waals surface area (Å²) in [6.45, 7) is 14.0. The van der Waals surface area contributed by atoms with Gasteiger partial charge in [0.15, 0.2) is 0 Å². The third-order valence-corrected chi connectivity index (χ3v) is 2.69. The second-order valence-electron chi connectivity index (χ2n) is 5.22. The molecule has 0 heterocycles. The van der Waals surface area contributed by atoms with E-state index >= 15 is 0 Å². The standard InChI is InChI=1S/C14H22O7.C6H10O3/c1-3-13(15)20-11-9-18-7-5-17-6-8-19-10-12-21-14(16)4-2;1-5(2)6(8)9-4-3-7/h3-4H,1-2,5-12H2;7H,1,3-4H2,2H3. The van der Waals surface area contributed by atoms with Gasteiger partial charge in [-0.2, -0.15) is 0 Å². The fourth-order valence-electron chi connectivity index (χ4n) is 1.32. The summed E-state index contributed by atoms with van der Waals surface area (Å²) in [6, 6.07) is 0. The van der Waals surface area contributed by atoms with E-state index < -0.39 is 17.9 Å². The van der Waals surface area contributed by atoms with Crippen LogP contribution >= 0.6 is 0 Å². The van der Waals surface area contributed by atoms with E-state index in [1.165, 1.54) is 0 Å². The van der Waals surface area contributed by atoms with Crippen LogP contribution in [0.4, 0.5) is 0 Å². The average molecular weight is 432 g/mol. The van der Waals surface area contributed by atoms with Crippen molar-refractivity contribution in [3.8, 4) is 0 Å². The minimum Gasteiger partial charge on any atom is -0.460 e. The summed E-state index contributed by atoms with van der Waals surface area (Å²) in [5.74, 6) is -1.39. The Labute approximate surface area is 177 Å². The van der Waals surface area contributed by atoms with E-state index in [9.17, 15) is 14.4 Å². The molecular formula is C20H32O10. The molecule has 0 rings (SSSR count). The Kier molecular flexibility index (Phi) is 22.5. The highest BCUT2D eigenvalue weighted by Crippen LogP contribution is 1.90. The molecule has 10 heteroatoms. The van der Waals surface area contributed by atoms with E-state index in [1.807, 2.05) is 0 Å². The number of carbonyl (C=O) groups is 3. The summed E-state index contributed by atoms with van der Waals surface area (Å²) in [5, 5.41) is 8.19. The van der Waals surface area contributed by atoms with Crippen LogP contribution in [0.25, 0.3) is 0 Å². The van der Waals surface area contributed by atoms with Gasteiger partial charge in [-0.05, 0) is 6.92 Å². The Hall–Kier alpha value is -2.53. The maximum atomic E-state index is 10.7. The molecule has 0 bridgehead atoms. The summed E-state index contributed by atoms with van der Waals surface area (Å²) < 4.78 is 29.5. The highest BCUT2D eigenvalue weighted by atomic mass is 16.6. The Morgan fingerprint density at radius 3 is 1.37 bits per heavy atom. The molecule has 1 N–H and O–H groups in total. The topological polar surface area (TPSA) is 127 Å². The summed E-state index contributed by atoms with van der Waals surface area (Å²) in [5.41, 5.74) is 0.350. The monoisotopic (exact) mass is 432 g/mol. The van der Waals surface area contributed by atoms with E-state index in [2.05, 4.69) is 24.5 Å². The van der Waals surface area contributed by atoms with Crippen molar-refractivity contribution in [3.63, 3.8) is 0 Å². The second kappa shape index (κ2) is 22.8. The summed E-state index contributed by atoms with van der Waals surface area (Å²) in [6.07, 6.45) is 2.20. The lowest BCUT2D eigenvalue weighted by Gasteiger charge is -2.07. The highest BCUT2D eigenvalue weighted by molar-refractivity contribution is 5.86. The largest absolute Gasteiger partial charge is 0.460 e. The molecule has 0 aliphatic carbocycles. The lowest BCUT2D eigenvalue weighted by Crippen LogP contribution is -2.14. The molecule has 172 valence electrons. The SMILES string of the molecule is C=C(C)C(=O)OCCO.C=CC(=O)OCCOCCOCCOCCOC(=O)C=C. The third kappa shape index (κ3) is 23.5. The predicted octanol–water partition coefficient (Wildman–Crippen LogP) is 0.593. The van der Waals surface area contributed by atoms with Crippen LogP contribution < -0.4 is 0 Å². The zero-order chi connectivity index (χ0) is 23.0. The number of aliphatic hydroxyl groups excluding tert-OH is 1. The van der Waals surface area contributed by atoms with Gasteiger partial charge in [0.05, 0.1) is 46.2 Å². The molecule has 0 aromatic heterocycles. The van der Waals surface area contributed by atoms with Crippen molar-refractivity contribution in [2.75, 3.05) is 66.1 Å². The zero-order valence-electron chi connectivity index (χ0n) is 17.5. The minimum absolute atomic E-state index is 0.0473. The molecule has 10 nitrogen and oxygen atoms in total. The number of rotatable bonds is 17. The fraction of sp³-hybridized carbons (Fsp3) is 0.550. The molecule has 0 saturated heterocycles. The van der Waals surface area contributed by atoms with Gasteiger partial charge in [0.1, 0.15) is 19.8 Å². The first-order valence-electron chi connectivity index (χ1n) is 9.14. The number of hydrogen-bond acceptors (Lipinski definition) is 10. The van der Waals surface area contributed by atoms with Crippen LogP contribution in [-0.2, 0) is 42.8 Å². The summed E-state index contributed by atoms with van der Waals surface area (Å²) in [7, 11) is 0. The number of carbonyl (C=O) groups excluding carboxylic acids is 3. The van der Waals surface area contributed by atoms with Crippen LogP contribution in [-0.4, -0.2) is 89.1 Å². The predicted molar refractivity (Wildman–Crippen MR) is 108 cm³/mol. The van der Waals surface area contributed by atoms with Gasteiger partial charge in [0.2, 0.25) is 0 Å². The lowest BCUT2D eigenvalue weighted by molar-refractivity contribution is -0.140. The molecule has 0 fully saturated rings. The molecule has 0 aliphatic rings. The van der Waals surface area contributed by atoms with Crippen molar-refractivity contribution in [2.45, 2.75) is 6.92 Å². The highest BCUT2D eigenvalue weighted by Gasteiger charge is 2.00. The first-order valence-corrected chi connectivity index (χ1v) is 9.14. The molecule has 0 saturated carbocycles. The average Bonchev–Trinajstić information content (AvgIpc) is 2.74. The van der Waals surface area contributed by atoms with Gasteiger partial charge in [-0.15, -0.1) is 0 Å². The summed E-state index contributed by atoms with van der Waals surface area (Å²) >= 11 is 0. The number of esters is 3. The van der Waals surface area contributed by atoms with Gasteiger partial charge in [-0.25, -0.2) is 14.4 Å². The molecule has 0 spiro atoms. The Morgan fingerprint density at radius 1 is 0.700 bits per heavy atom. The fourth-order valence-corrected chi connectivity index (χ4v) is 1.32. The molecule has 30 heavy (non-hydrogen) atoms. The maximum absolute atomic E-state index is 10.7. The van der Waals surface area contributed by atoms with Gasteiger partial charge in [0.25, 0.3) is 0 Å².